The van der Waals surface area contributed by atoms with Crippen LogP contribution in [0.15, 0.2) is 17.0 Å². The summed E-state index contributed by atoms with van der Waals surface area (Å²) in [7, 11) is 1.68. The van der Waals surface area contributed by atoms with E-state index in [1.54, 1.807) is 19.6 Å². The zero-order valence-corrected chi connectivity index (χ0v) is 10.8. The van der Waals surface area contributed by atoms with Crippen LogP contribution in [-0.4, -0.2) is 27.2 Å². The van der Waals surface area contributed by atoms with Crippen LogP contribution in [0.25, 0.3) is 0 Å². The molecule has 0 saturated heterocycles. The third-order valence-electron chi connectivity index (χ3n) is 3.71. The summed E-state index contributed by atoms with van der Waals surface area (Å²) in [6, 6.07) is -0.337. The number of imidazole rings is 1. The summed E-state index contributed by atoms with van der Waals surface area (Å²) in [5.74, 6) is 1.05. The van der Waals surface area contributed by atoms with Crippen molar-refractivity contribution in [3.8, 4) is 0 Å². The lowest BCUT2D eigenvalue weighted by molar-refractivity contribution is -0.0858. The number of nitrogens with one attached hydrogen (secondary N) is 1. The van der Waals surface area contributed by atoms with E-state index < -0.39 is 0 Å². The minimum absolute atomic E-state index is 0.337. The molecule has 7 heteroatoms. The van der Waals surface area contributed by atoms with Gasteiger partial charge in [0.15, 0.2) is 0 Å². The molecule has 1 fully saturated rings. The van der Waals surface area contributed by atoms with Crippen molar-refractivity contribution in [2.24, 2.45) is 5.73 Å². The second-order valence-electron chi connectivity index (χ2n) is 4.90. The summed E-state index contributed by atoms with van der Waals surface area (Å²) in [6.45, 7) is 0. The molecule has 1 aliphatic carbocycles. The number of hydrogen-bond acceptors (Lipinski definition) is 6. The summed E-state index contributed by atoms with van der Waals surface area (Å²) in [6.07, 6.45) is 6.92. The zero-order valence-electron chi connectivity index (χ0n) is 10.8. The predicted molar refractivity (Wildman–Crippen MR) is 66.1 cm³/mol. The monoisotopic (exact) mass is 263 g/mol. The molecule has 0 spiro atoms. The Labute approximate surface area is 110 Å². The number of nitrogens with zero attached hydrogens (tertiary/aromatic N) is 3. The highest BCUT2D eigenvalue weighted by Crippen LogP contribution is 2.42. The lowest BCUT2D eigenvalue weighted by atomic mass is 9.79. The number of ether oxygens (including phenoxy) is 1. The third kappa shape index (κ3) is 2.15. The predicted octanol–water partition coefficient (Wildman–Crippen LogP) is 1.06. The van der Waals surface area contributed by atoms with Crippen LogP contribution >= 0.6 is 0 Å². The summed E-state index contributed by atoms with van der Waals surface area (Å²) >= 11 is 0. The van der Waals surface area contributed by atoms with Crippen molar-refractivity contribution in [2.45, 2.75) is 37.3 Å². The summed E-state index contributed by atoms with van der Waals surface area (Å²) in [4.78, 5) is 11.3. The maximum Gasteiger partial charge on any atom is 0.244 e. The molecule has 3 rings (SSSR count). The molecule has 2 aromatic rings. The Morgan fingerprint density at radius 2 is 2.42 bits per heavy atom. The molecule has 0 aromatic carbocycles. The van der Waals surface area contributed by atoms with Gasteiger partial charge in [-0.15, -0.1) is 0 Å². The van der Waals surface area contributed by atoms with Crippen molar-refractivity contribution < 1.29 is 9.26 Å². The fraction of sp³-hybridized carbons (Fsp3) is 0.583. The van der Waals surface area contributed by atoms with Crippen LogP contribution in [0.2, 0.25) is 0 Å². The SMILES string of the molecule is COC1(c2noc(C(N)Cc3cnc[nH]3)n2)CCC1. The van der Waals surface area contributed by atoms with Crippen molar-refractivity contribution in [2.75, 3.05) is 7.11 Å². The maximum absolute atomic E-state index is 6.06. The van der Waals surface area contributed by atoms with E-state index >= 15 is 0 Å². The quantitative estimate of drug-likeness (QED) is 0.836. The summed E-state index contributed by atoms with van der Waals surface area (Å²) < 4.78 is 10.8. The Morgan fingerprint density at radius 1 is 1.58 bits per heavy atom. The molecule has 0 aliphatic heterocycles. The molecular weight excluding hydrogens is 246 g/mol. The minimum atomic E-state index is -0.366. The lowest BCUT2D eigenvalue weighted by Crippen LogP contribution is -2.37. The smallest absolute Gasteiger partial charge is 0.244 e. The maximum atomic E-state index is 6.06. The molecule has 1 saturated carbocycles. The van der Waals surface area contributed by atoms with Crippen molar-refractivity contribution >= 4 is 0 Å². The highest BCUT2D eigenvalue weighted by Gasteiger charge is 2.43. The van der Waals surface area contributed by atoms with E-state index in [4.69, 9.17) is 15.0 Å². The largest absolute Gasteiger partial charge is 0.370 e. The van der Waals surface area contributed by atoms with Gasteiger partial charge in [-0.05, 0) is 19.3 Å². The van der Waals surface area contributed by atoms with E-state index in [1.807, 2.05) is 0 Å². The lowest BCUT2D eigenvalue weighted by Gasteiger charge is -2.37. The Bertz CT molecular complexity index is 527. The minimum Gasteiger partial charge on any atom is -0.370 e. The number of methoxy groups -OCH3 is 1. The van der Waals surface area contributed by atoms with Gasteiger partial charge in [-0.3, -0.25) is 0 Å². The molecule has 19 heavy (non-hydrogen) atoms. The number of aromatic nitrogens is 4. The van der Waals surface area contributed by atoms with Crippen molar-refractivity contribution in [3.05, 3.63) is 29.9 Å². The van der Waals surface area contributed by atoms with Crippen LogP contribution in [0.4, 0.5) is 0 Å². The molecule has 0 bridgehead atoms. The van der Waals surface area contributed by atoms with Gasteiger partial charge in [0, 0.05) is 25.4 Å². The standard InChI is InChI=1S/C12H17N5O2/c1-18-12(3-2-4-12)11-16-10(19-17-11)9(13)5-8-6-14-7-15-8/h6-7,9H,2-5,13H2,1H3,(H,14,15). The average molecular weight is 263 g/mol. The second kappa shape index (κ2) is 4.75. The van der Waals surface area contributed by atoms with Gasteiger partial charge in [-0.1, -0.05) is 5.16 Å². The first-order chi connectivity index (χ1) is 9.23. The van der Waals surface area contributed by atoms with Crippen molar-refractivity contribution in [1.82, 2.24) is 20.1 Å². The van der Waals surface area contributed by atoms with Crippen molar-refractivity contribution in [3.63, 3.8) is 0 Å². The molecule has 2 aromatic heterocycles. The Hall–Kier alpha value is -1.73. The van der Waals surface area contributed by atoms with Gasteiger partial charge in [0.05, 0.1) is 12.4 Å². The van der Waals surface area contributed by atoms with Crippen LogP contribution in [0.1, 0.15) is 42.7 Å². The van der Waals surface area contributed by atoms with E-state index in [1.165, 1.54) is 0 Å². The molecular formula is C12H17N5O2. The molecule has 0 radical (unpaired) electrons. The summed E-state index contributed by atoms with van der Waals surface area (Å²) in [5.41, 5.74) is 6.64. The fourth-order valence-corrected chi connectivity index (χ4v) is 2.31. The van der Waals surface area contributed by atoms with Crippen LogP contribution < -0.4 is 5.73 Å². The first kappa shape index (κ1) is 12.3. The van der Waals surface area contributed by atoms with Gasteiger partial charge in [0.25, 0.3) is 0 Å². The van der Waals surface area contributed by atoms with Gasteiger partial charge in [0.2, 0.25) is 11.7 Å². The molecule has 0 amide bonds. The summed E-state index contributed by atoms with van der Waals surface area (Å²) in [5, 5.41) is 4.01. The van der Waals surface area contributed by atoms with Crippen LogP contribution in [-0.2, 0) is 16.8 Å². The normalized spacial score (nSPS) is 19.1. The van der Waals surface area contributed by atoms with E-state index in [2.05, 4.69) is 20.1 Å². The fourth-order valence-electron chi connectivity index (χ4n) is 2.31. The van der Waals surface area contributed by atoms with Gasteiger partial charge >= 0.3 is 0 Å². The van der Waals surface area contributed by atoms with E-state index in [9.17, 15) is 0 Å². The highest BCUT2D eigenvalue weighted by molar-refractivity contribution is 5.09. The van der Waals surface area contributed by atoms with E-state index in [0.29, 0.717) is 18.1 Å². The Morgan fingerprint density at radius 3 is 3.00 bits per heavy atom. The highest BCUT2D eigenvalue weighted by atomic mass is 16.5. The number of rotatable bonds is 5. The molecule has 1 atom stereocenters. The number of nitrogens with two attached hydrogens (primary N) is 1. The third-order valence-corrected chi connectivity index (χ3v) is 3.71. The molecule has 7 nitrogen and oxygen atoms in total. The number of H-pyrrole nitrogens is 1. The first-order valence-corrected chi connectivity index (χ1v) is 6.35. The topological polar surface area (TPSA) is 103 Å². The van der Waals surface area contributed by atoms with E-state index in [0.717, 1.165) is 25.0 Å². The van der Waals surface area contributed by atoms with Crippen LogP contribution in [0.5, 0.6) is 0 Å². The molecule has 3 N–H and O–H groups in total. The Balaban J connectivity index is 1.74. The molecule has 2 heterocycles. The average Bonchev–Trinajstić information content (AvgIpc) is 2.99. The molecule has 1 aliphatic rings. The van der Waals surface area contributed by atoms with Crippen LogP contribution in [0.3, 0.4) is 0 Å². The van der Waals surface area contributed by atoms with Gasteiger partial charge in [-0.25, -0.2) is 4.98 Å². The van der Waals surface area contributed by atoms with Crippen LogP contribution in [0, 0.1) is 0 Å². The van der Waals surface area contributed by atoms with E-state index in [-0.39, 0.29) is 11.6 Å². The molecule has 102 valence electrons. The number of aromatic amines is 1. The van der Waals surface area contributed by atoms with Gasteiger partial charge < -0.3 is 20.0 Å². The van der Waals surface area contributed by atoms with Gasteiger partial charge in [-0.2, -0.15) is 4.98 Å². The number of hydrogen-bond donors (Lipinski definition) is 2. The Kier molecular flexibility index (Phi) is 3.08. The van der Waals surface area contributed by atoms with Crippen molar-refractivity contribution in [1.29, 1.82) is 0 Å². The second-order valence-corrected chi connectivity index (χ2v) is 4.90. The zero-order chi connectivity index (χ0) is 13.3. The molecule has 1 unspecified atom stereocenters. The van der Waals surface area contributed by atoms with Gasteiger partial charge in [0.1, 0.15) is 5.60 Å². The first-order valence-electron chi connectivity index (χ1n) is 6.35.